The molecule has 298 valence electrons. The number of aliphatic hydroxyl groups excluding tert-OH is 3. The number of hydrogen-bond donors (Lipinski definition) is 4. The van der Waals surface area contributed by atoms with Crippen molar-refractivity contribution < 1.29 is 56.8 Å². The van der Waals surface area contributed by atoms with E-state index >= 15 is 0 Å². The quantitative estimate of drug-likeness (QED) is 0.0223. The number of esters is 2. The van der Waals surface area contributed by atoms with Crippen LogP contribution in [0.4, 0.5) is 0 Å². The highest BCUT2D eigenvalue weighted by atomic mass is 32.2. The van der Waals surface area contributed by atoms with Crippen LogP contribution in [0.15, 0.2) is 60.8 Å². The fraction of sp³-hybridized carbons (Fsp3) is 0.692. The molecule has 0 amide bonds. The molecule has 3 unspecified atom stereocenters. The molecule has 6 atom stereocenters. The fourth-order valence-electron chi connectivity index (χ4n) is 5.19. The van der Waals surface area contributed by atoms with Gasteiger partial charge < -0.3 is 34.3 Å². The monoisotopic (exact) mass is 756 g/mol. The molecule has 1 aliphatic heterocycles. The first-order chi connectivity index (χ1) is 25.0. The van der Waals surface area contributed by atoms with Crippen molar-refractivity contribution in [3.63, 3.8) is 0 Å². The van der Waals surface area contributed by atoms with Gasteiger partial charge in [0.15, 0.2) is 12.4 Å². The van der Waals surface area contributed by atoms with Crippen molar-refractivity contribution in [3.8, 4) is 0 Å². The summed E-state index contributed by atoms with van der Waals surface area (Å²) < 4.78 is 53.7. The SMILES string of the molecule is CC/C=C/C=C/C=C/C=C/CCCCCC(=O)OC(COC(=O)CCCCCCC/C=C/CCCC)CO[C@H]1O[C@H](CS(=O)(=O)O)[C@@H](O)C(O)C1O. The molecule has 0 radical (unpaired) electrons. The molecular formula is C39H64O12S. The van der Waals surface area contributed by atoms with Crippen LogP contribution in [0.25, 0.3) is 0 Å². The summed E-state index contributed by atoms with van der Waals surface area (Å²) in [6, 6.07) is 0. The number of aliphatic hydroxyl groups is 3. The average Bonchev–Trinajstić information content (AvgIpc) is 3.10. The Kier molecular flexibility index (Phi) is 27.1. The molecule has 1 fully saturated rings. The molecule has 0 spiro atoms. The Morgan fingerprint density at radius 2 is 1.23 bits per heavy atom. The Morgan fingerprint density at radius 1 is 0.673 bits per heavy atom. The zero-order chi connectivity index (χ0) is 38.5. The van der Waals surface area contributed by atoms with E-state index in [4.69, 9.17) is 18.9 Å². The normalized spacial score (nSPS) is 22.0. The Balaban J connectivity index is 2.59. The van der Waals surface area contributed by atoms with Crippen LogP contribution in [0.3, 0.4) is 0 Å². The minimum Gasteiger partial charge on any atom is -0.462 e. The van der Waals surface area contributed by atoms with Gasteiger partial charge in [-0.1, -0.05) is 113 Å². The second kappa shape index (κ2) is 29.8. The molecule has 1 aliphatic rings. The molecule has 13 heteroatoms. The highest BCUT2D eigenvalue weighted by Crippen LogP contribution is 2.23. The maximum Gasteiger partial charge on any atom is 0.306 e. The first-order valence-corrected chi connectivity index (χ1v) is 20.5. The molecule has 0 aliphatic carbocycles. The molecule has 1 heterocycles. The van der Waals surface area contributed by atoms with Crippen LogP contribution in [0.2, 0.25) is 0 Å². The average molecular weight is 757 g/mol. The van der Waals surface area contributed by atoms with Crippen molar-refractivity contribution in [1.82, 2.24) is 0 Å². The molecule has 52 heavy (non-hydrogen) atoms. The molecule has 12 nitrogen and oxygen atoms in total. The third kappa shape index (κ3) is 24.6. The van der Waals surface area contributed by atoms with Gasteiger partial charge in [0, 0.05) is 12.8 Å². The summed E-state index contributed by atoms with van der Waals surface area (Å²) in [4.78, 5) is 25.2. The summed E-state index contributed by atoms with van der Waals surface area (Å²) in [6.07, 6.45) is 24.3. The van der Waals surface area contributed by atoms with Crippen molar-refractivity contribution in [3.05, 3.63) is 60.8 Å². The zero-order valence-electron chi connectivity index (χ0n) is 31.1. The number of carbonyl (C=O) groups excluding carboxylic acids is 2. The van der Waals surface area contributed by atoms with E-state index in [9.17, 15) is 37.9 Å². The Bertz CT molecular complexity index is 1210. The van der Waals surface area contributed by atoms with E-state index in [0.717, 1.165) is 64.2 Å². The van der Waals surface area contributed by atoms with Crippen LogP contribution >= 0.6 is 0 Å². The summed E-state index contributed by atoms with van der Waals surface area (Å²) in [5.74, 6) is -2.06. The summed E-state index contributed by atoms with van der Waals surface area (Å²) >= 11 is 0. The summed E-state index contributed by atoms with van der Waals surface area (Å²) in [6.45, 7) is 3.49. The summed E-state index contributed by atoms with van der Waals surface area (Å²) in [5, 5.41) is 30.7. The lowest BCUT2D eigenvalue weighted by Crippen LogP contribution is -2.60. The van der Waals surface area contributed by atoms with Crippen molar-refractivity contribution in [1.29, 1.82) is 0 Å². The van der Waals surface area contributed by atoms with E-state index in [-0.39, 0.29) is 19.4 Å². The minimum absolute atomic E-state index is 0.114. The molecule has 0 saturated carbocycles. The summed E-state index contributed by atoms with van der Waals surface area (Å²) in [5.41, 5.74) is 0. The van der Waals surface area contributed by atoms with Crippen LogP contribution in [-0.2, 0) is 38.7 Å². The van der Waals surface area contributed by atoms with Crippen molar-refractivity contribution >= 4 is 22.1 Å². The van der Waals surface area contributed by atoms with Crippen LogP contribution in [0, 0.1) is 0 Å². The molecule has 0 aromatic heterocycles. The third-order valence-corrected chi connectivity index (χ3v) is 8.93. The van der Waals surface area contributed by atoms with E-state index in [0.29, 0.717) is 12.8 Å². The lowest BCUT2D eigenvalue weighted by Gasteiger charge is -2.40. The largest absolute Gasteiger partial charge is 0.462 e. The van der Waals surface area contributed by atoms with Crippen molar-refractivity contribution in [2.24, 2.45) is 0 Å². The Morgan fingerprint density at radius 3 is 1.88 bits per heavy atom. The van der Waals surface area contributed by atoms with Gasteiger partial charge in [0.2, 0.25) is 0 Å². The predicted octanol–water partition coefficient (Wildman–Crippen LogP) is 6.22. The van der Waals surface area contributed by atoms with Gasteiger partial charge in [-0.2, -0.15) is 8.42 Å². The Labute approximate surface area is 311 Å². The zero-order valence-corrected chi connectivity index (χ0v) is 32.0. The molecule has 1 saturated heterocycles. The number of hydrogen-bond acceptors (Lipinski definition) is 11. The predicted molar refractivity (Wildman–Crippen MR) is 201 cm³/mol. The minimum atomic E-state index is -4.60. The third-order valence-electron chi connectivity index (χ3n) is 8.18. The number of ether oxygens (including phenoxy) is 4. The molecule has 1 rings (SSSR count). The maximum absolute atomic E-state index is 12.7. The van der Waals surface area contributed by atoms with Crippen LogP contribution in [-0.4, -0.2) is 96.0 Å². The Hall–Kier alpha value is -2.65. The number of rotatable bonds is 29. The van der Waals surface area contributed by atoms with Gasteiger partial charge in [-0.25, -0.2) is 0 Å². The highest BCUT2D eigenvalue weighted by molar-refractivity contribution is 7.85. The maximum atomic E-state index is 12.7. The van der Waals surface area contributed by atoms with Gasteiger partial charge >= 0.3 is 11.9 Å². The number of allylic oxidation sites excluding steroid dienone is 10. The van der Waals surface area contributed by atoms with E-state index in [1.54, 1.807) is 0 Å². The van der Waals surface area contributed by atoms with Crippen LogP contribution in [0.5, 0.6) is 0 Å². The van der Waals surface area contributed by atoms with Crippen LogP contribution in [0.1, 0.15) is 117 Å². The molecule has 0 aromatic rings. The van der Waals surface area contributed by atoms with E-state index in [1.165, 1.54) is 12.8 Å². The van der Waals surface area contributed by atoms with Gasteiger partial charge in [0.25, 0.3) is 10.1 Å². The van der Waals surface area contributed by atoms with Gasteiger partial charge in [0.05, 0.1) is 6.61 Å². The summed E-state index contributed by atoms with van der Waals surface area (Å²) in [7, 11) is -4.60. The van der Waals surface area contributed by atoms with Crippen LogP contribution < -0.4 is 0 Å². The fourth-order valence-corrected chi connectivity index (χ4v) is 5.89. The molecule has 0 bridgehead atoms. The van der Waals surface area contributed by atoms with Crippen molar-refractivity contribution in [2.45, 2.75) is 153 Å². The second-order valence-electron chi connectivity index (χ2n) is 12.9. The standard InChI is InChI=1S/C39H64O12S/c1-3-5-7-9-11-13-15-16-18-20-22-24-26-28-35(41)50-32(29-48-34(40)27-25-23-21-19-17-14-12-10-8-6-4-2)30-49-39-38(44)37(43)36(42)33(51-39)31-52(45,46)47/h5,7,9-13,15-16,18,32-33,36-39,42-44H,3-4,6,8,14,17,19-31H2,1-2H3,(H,45,46,47)/b7-5+,11-9+,12-10+,15-13+,18-16+/t32?,33-,36-,37?,38?,39+/m1/s1. The van der Waals surface area contributed by atoms with Gasteiger partial charge in [-0.15, -0.1) is 0 Å². The van der Waals surface area contributed by atoms with Gasteiger partial charge in [0.1, 0.15) is 36.8 Å². The number of carbonyl (C=O) groups is 2. The second-order valence-corrected chi connectivity index (χ2v) is 14.4. The molecule has 4 N–H and O–H groups in total. The highest BCUT2D eigenvalue weighted by Gasteiger charge is 2.46. The lowest BCUT2D eigenvalue weighted by molar-refractivity contribution is -0.297. The number of unbranched alkanes of at least 4 members (excludes halogenated alkanes) is 10. The molecule has 0 aromatic carbocycles. The smallest absolute Gasteiger partial charge is 0.306 e. The molecular weight excluding hydrogens is 692 g/mol. The first-order valence-electron chi connectivity index (χ1n) is 18.9. The first kappa shape index (κ1) is 47.4. The van der Waals surface area contributed by atoms with Gasteiger partial charge in [-0.3, -0.25) is 14.1 Å². The van der Waals surface area contributed by atoms with Gasteiger partial charge in [-0.05, 0) is 51.4 Å². The van der Waals surface area contributed by atoms with E-state index in [1.807, 2.05) is 36.5 Å². The van der Waals surface area contributed by atoms with Crippen molar-refractivity contribution in [2.75, 3.05) is 19.0 Å². The lowest BCUT2D eigenvalue weighted by atomic mass is 10.00. The van der Waals surface area contributed by atoms with E-state index < -0.39 is 71.2 Å². The topological polar surface area (TPSA) is 186 Å². The van der Waals surface area contributed by atoms with E-state index in [2.05, 4.69) is 38.2 Å².